The molecule has 0 fully saturated rings. The SMILES string of the molecule is COCCCC(=O)c1c(Br)cnn1CCN(C)C. The van der Waals surface area contributed by atoms with Gasteiger partial charge in [-0.3, -0.25) is 9.48 Å². The van der Waals surface area contributed by atoms with Crippen LogP contribution in [0, 0.1) is 0 Å². The fourth-order valence-electron chi connectivity index (χ4n) is 1.60. The lowest BCUT2D eigenvalue weighted by Crippen LogP contribution is -2.21. The van der Waals surface area contributed by atoms with Crippen LogP contribution in [0.25, 0.3) is 0 Å². The number of halogens is 1. The number of hydrogen-bond acceptors (Lipinski definition) is 4. The summed E-state index contributed by atoms with van der Waals surface area (Å²) in [4.78, 5) is 14.2. The fraction of sp³-hybridized carbons (Fsp3) is 0.667. The van der Waals surface area contributed by atoms with E-state index < -0.39 is 0 Å². The summed E-state index contributed by atoms with van der Waals surface area (Å²) in [6, 6.07) is 0. The second-order valence-electron chi connectivity index (χ2n) is 4.39. The highest BCUT2D eigenvalue weighted by Gasteiger charge is 2.16. The first kappa shape index (κ1) is 15.3. The van der Waals surface area contributed by atoms with Crippen molar-refractivity contribution in [1.82, 2.24) is 14.7 Å². The van der Waals surface area contributed by atoms with Crippen LogP contribution in [0.2, 0.25) is 0 Å². The summed E-state index contributed by atoms with van der Waals surface area (Å²) < 4.78 is 7.49. The van der Waals surface area contributed by atoms with E-state index in [1.54, 1.807) is 18.0 Å². The molecule has 0 radical (unpaired) electrons. The van der Waals surface area contributed by atoms with Crippen LogP contribution >= 0.6 is 15.9 Å². The van der Waals surface area contributed by atoms with Gasteiger partial charge in [0.2, 0.25) is 0 Å². The normalized spacial score (nSPS) is 11.2. The maximum atomic E-state index is 12.1. The van der Waals surface area contributed by atoms with E-state index in [-0.39, 0.29) is 5.78 Å². The molecule has 0 saturated heterocycles. The maximum Gasteiger partial charge on any atom is 0.182 e. The number of methoxy groups -OCH3 is 1. The van der Waals surface area contributed by atoms with Crippen LogP contribution in [-0.2, 0) is 11.3 Å². The molecule has 1 aromatic rings. The van der Waals surface area contributed by atoms with Gasteiger partial charge in [0.15, 0.2) is 5.78 Å². The largest absolute Gasteiger partial charge is 0.385 e. The van der Waals surface area contributed by atoms with Crippen molar-refractivity contribution in [3.05, 3.63) is 16.4 Å². The molecule has 18 heavy (non-hydrogen) atoms. The Kier molecular flexibility index (Phi) is 6.52. The Morgan fingerprint density at radius 2 is 2.28 bits per heavy atom. The zero-order chi connectivity index (χ0) is 13.5. The number of ether oxygens (including phenoxy) is 1. The highest BCUT2D eigenvalue weighted by atomic mass is 79.9. The molecule has 0 N–H and O–H groups in total. The molecule has 1 rings (SSSR count). The van der Waals surface area contributed by atoms with Crippen LogP contribution < -0.4 is 0 Å². The second-order valence-corrected chi connectivity index (χ2v) is 5.24. The van der Waals surface area contributed by atoms with E-state index in [0.717, 1.165) is 17.4 Å². The number of likely N-dealkylation sites (N-methyl/N-ethyl adjacent to an activating group) is 1. The van der Waals surface area contributed by atoms with Gasteiger partial charge in [-0.1, -0.05) is 0 Å². The van der Waals surface area contributed by atoms with Crippen molar-refractivity contribution in [2.24, 2.45) is 0 Å². The predicted octanol–water partition coefficient (Wildman–Crippen LogP) is 1.82. The monoisotopic (exact) mass is 317 g/mol. The van der Waals surface area contributed by atoms with E-state index in [1.165, 1.54) is 0 Å². The van der Waals surface area contributed by atoms with Gasteiger partial charge in [0.05, 0.1) is 17.2 Å². The molecule has 1 aromatic heterocycles. The lowest BCUT2D eigenvalue weighted by atomic mass is 10.2. The average molecular weight is 318 g/mol. The molecular formula is C12H20BrN3O2. The van der Waals surface area contributed by atoms with Crippen LogP contribution in [0.1, 0.15) is 23.3 Å². The van der Waals surface area contributed by atoms with E-state index in [4.69, 9.17) is 4.74 Å². The topological polar surface area (TPSA) is 47.4 Å². The zero-order valence-corrected chi connectivity index (χ0v) is 12.7. The molecule has 0 saturated carbocycles. The number of carbonyl (C=O) groups excluding carboxylic acids is 1. The third-order valence-corrected chi connectivity index (χ3v) is 3.15. The molecule has 0 aromatic carbocycles. The summed E-state index contributed by atoms with van der Waals surface area (Å²) in [6.07, 6.45) is 2.90. The summed E-state index contributed by atoms with van der Waals surface area (Å²) in [5.74, 6) is 0.107. The van der Waals surface area contributed by atoms with Crippen molar-refractivity contribution in [1.29, 1.82) is 0 Å². The molecule has 0 aliphatic carbocycles. The fourth-order valence-corrected chi connectivity index (χ4v) is 2.12. The lowest BCUT2D eigenvalue weighted by Gasteiger charge is -2.11. The first-order chi connectivity index (χ1) is 8.56. The molecule has 0 aliphatic heterocycles. The highest BCUT2D eigenvalue weighted by Crippen LogP contribution is 2.18. The molecule has 0 aliphatic rings. The quantitative estimate of drug-likeness (QED) is 0.542. The number of hydrogen-bond donors (Lipinski definition) is 0. The summed E-state index contributed by atoms with van der Waals surface area (Å²) in [5, 5.41) is 4.23. The minimum absolute atomic E-state index is 0.107. The molecule has 0 unspecified atom stereocenters. The molecule has 6 heteroatoms. The standard InChI is InChI=1S/C12H20BrN3O2/c1-15(2)6-7-16-12(10(13)9-14-16)11(17)5-4-8-18-3/h9H,4-8H2,1-3H3. The molecule has 5 nitrogen and oxygen atoms in total. The van der Waals surface area contributed by atoms with Gasteiger partial charge in [-0.25, -0.2) is 0 Å². The van der Waals surface area contributed by atoms with Crippen LogP contribution in [0.4, 0.5) is 0 Å². The van der Waals surface area contributed by atoms with Crippen molar-refractivity contribution in [2.75, 3.05) is 34.4 Å². The predicted molar refractivity (Wildman–Crippen MR) is 73.9 cm³/mol. The van der Waals surface area contributed by atoms with Crippen molar-refractivity contribution >= 4 is 21.7 Å². The van der Waals surface area contributed by atoms with E-state index in [9.17, 15) is 4.79 Å². The van der Waals surface area contributed by atoms with Crippen LogP contribution in [0.15, 0.2) is 10.7 Å². The summed E-state index contributed by atoms with van der Waals surface area (Å²) in [7, 11) is 5.64. The van der Waals surface area contributed by atoms with E-state index >= 15 is 0 Å². The van der Waals surface area contributed by atoms with E-state index in [2.05, 4.69) is 25.9 Å². The highest BCUT2D eigenvalue weighted by molar-refractivity contribution is 9.10. The van der Waals surface area contributed by atoms with Gasteiger partial charge in [0.25, 0.3) is 0 Å². The zero-order valence-electron chi connectivity index (χ0n) is 11.1. The molecule has 102 valence electrons. The van der Waals surface area contributed by atoms with Crippen molar-refractivity contribution in [2.45, 2.75) is 19.4 Å². The third-order valence-electron chi connectivity index (χ3n) is 2.57. The van der Waals surface area contributed by atoms with Crippen LogP contribution in [-0.4, -0.2) is 54.8 Å². The minimum atomic E-state index is 0.107. The Hall–Kier alpha value is -0.720. The first-order valence-electron chi connectivity index (χ1n) is 5.94. The van der Waals surface area contributed by atoms with Crippen molar-refractivity contribution < 1.29 is 9.53 Å². The molecular weight excluding hydrogens is 298 g/mol. The number of nitrogens with zero attached hydrogens (tertiary/aromatic N) is 3. The minimum Gasteiger partial charge on any atom is -0.385 e. The number of ketones is 1. The van der Waals surface area contributed by atoms with Gasteiger partial charge < -0.3 is 9.64 Å². The number of Topliss-reactive ketones (excluding diaryl/α,β-unsaturated/α-hetero) is 1. The smallest absolute Gasteiger partial charge is 0.182 e. The lowest BCUT2D eigenvalue weighted by molar-refractivity contribution is 0.0951. The van der Waals surface area contributed by atoms with Gasteiger partial charge in [0, 0.05) is 26.7 Å². The molecule has 0 spiro atoms. The number of carbonyl (C=O) groups is 1. The van der Waals surface area contributed by atoms with Crippen LogP contribution in [0.3, 0.4) is 0 Å². The second kappa shape index (κ2) is 7.66. The van der Waals surface area contributed by atoms with E-state index in [0.29, 0.717) is 25.3 Å². The summed E-state index contributed by atoms with van der Waals surface area (Å²) in [6.45, 7) is 2.17. The third kappa shape index (κ3) is 4.51. The Morgan fingerprint density at radius 3 is 2.89 bits per heavy atom. The van der Waals surface area contributed by atoms with Gasteiger partial charge in [-0.15, -0.1) is 0 Å². The van der Waals surface area contributed by atoms with Crippen molar-refractivity contribution in [3.63, 3.8) is 0 Å². The summed E-state index contributed by atoms with van der Waals surface area (Å²) >= 11 is 3.38. The Balaban J connectivity index is 2.67. The maximum absolute atomic E-state index is 12.1. The Morgan fingerprint density at radius 1 is 1.56 bits per heavy atom. The van der Waals surface area contributed by atoms with Gasteiger partial charge in [-0.2, -0.15) is 5.10 Å². The average Bonchev–Trinajstić information content (AvgIpc) is 2.68. The van der Waals surface area contributed by atoms with Gasteiger partial charge in [-0.05, 0) is 36.4 Å². The molecule has 0 bridgehead atoms. The van der Waals surface area contributed by atoms with Gasteiger partial charge >= 0.3 is 0 Å². The molecule has 0 amide bonds. The molecule has 0 atom stereocenters. The number of rotatable bonds is 8. The first-order valence-corrected chi connectivity index (χ1v) is 6.73. The summed E-state index contributed by atoms with van der Waals surface area (Å²) in [5.41, 5.74) is 0.660. The molecule has 1 heterocycles. The van der Waals surface area contributed by atoms with E-state index in [1.807, 2.05) is 14.1 Å². The Bertz CT molecular complexity index is 391. The van der Waals surface area contributed by atoms with Gasteiger partial charge in [0.1, 0.15) is 5.69 Å². The van der Waals surface area contributed by atoms with Crippen molar-refractivity contribution in [3.8, 4) is 0 Å². The Labute approximate surface area is 116 Å². The van der Waals surface area contributed by atoms with Crippen LogP contribution in [0.5, 0.6) is 0 Å². The number of aromatic nitrogens is 2.